The lowest BCUT2D eigenvalue weighted by Crippen LogP contribution is -2.22. The van der Waals surface area contributed by atoms with Gasteiger partial charge in [0.1, 0.15) is 0 Å². The number of carbonyl (C=O) groups is 2. The highest BCUT2D eigenvalue weighted by Crippen LogP contribution is 2.17. The van der Waals surface area contributed by atoms with Crippen LogP contribution in [0.3, 0.4) is 0 Å². The van der Waals surface area contributed by atoms with Crippen LogP contribution in [0.4, 0.5) is 11.4 Å². The Morgan fingerprint density at radius 1 is 1.28 bits per heavy atom. The van der Waals surface area contributed by atoms with Gasteiger partial charge in [0, 0.05) is 37.6 Å². The number of hydrogen-bond donors (Lipinski definition) is 1. The largest absolute Gasteiger partial charge is 0.326 e. The fourth-order valence-electron chi connectivity index (χ4n) is 1.40. The highest BCUT2D eigenvalue weighted by atomic mass is 35.5. The summed E-state index contributed by atoms with van der Waals surface area (Å²) in [7, 11) is 1.70. The molecule has 0 atom stereocenters. The molecule has 5 heteroatoms. The molecule has 0 bridgehead atoms. The Hall–Kier alpha value is -1.55. The van der Waals surface area contributed by atoms with Gasteiger partial charge >= 0.3 is 0 Å². The summed E-state index contributed by atoms with van der Waals surface area (Å²) in [6.07, 6.45) is 1.08. The molecule has 0 aromatic heterocycles. The number of alkyl halides is 1. The molecule has 0 spiro atoms. The zero-order chi connectivity index (χ0) is 13.5. The second-order valence-electron chi connectivity index (χ2n) is 3.97. The topological polar surface area (TPSA) is 49.4 Å². The number of anilines is 2. The van der Waals surface area contributed by atoms with Crippen LogP contribution in [0.5, 0.6) is 0 Å². The Labute approximate surface area is 112 Å². The monoisotopic (exact) mass is 268 g/mol. The van der Waals surface area contributed by atoms with Crippen LogP contribution in [-0.2, 0) is 9.59 Å². The first-order valence-corrected chi connectivity index (χ1v) is 6.28. The number of nitrogens with one attached hydrogen (secondary N) is 1. The SMILES string of the molecule is CC(=O)N(C)c1ccc(NC(=O)CCCCl)cc1. The molecule has 0 unspecified atom stereocenters. The normalized spacial score (nSPS) is 9.94. The molecule has 18 heavy (non-hydrogen) atoms. The van der Waals surface area contributed by atoms with E-state index in [0.29, 0.717) is 18.7 Å². The van der Waals surface area contributed by atoms with Crippen molar-refractivity contribution in [2.75, 3.05) is 23.1 Å². The van der Waals surface area contributed by atoms with Gasteiger partial charge in [0.05, 0.1) is 0 Å². The number of halogens is 1. The number of nitrogens with zero attached hydrogens (tertiary/aromatic N) is 1. The van der Waals surface area contributed by atoms with Crippen molar-refractivity contribution in [2.45, 2.75) is 19.8 Å². The van der Waals surface area contributed by atoms with Gasteiger partial charge in [-0.2, -0.15) is 0 Å². The van der Waals surface area contributed by atoms with Gasteiger partial charge in [-0.05, 0) is 30.7 Å². The highest BCUT2D eigenvalue weighted by molar-refractivity contribution is 6.18. The summed E-state index contributed by atoms with van der Waals surface area (Å²) in [4.78, 5) is 24.2. The fourth-order valence-corrected chi connectivity index (χ4v) is 1.53. The van der Waals surface area contributed by atoms with Crippen molar-refractivity contribution < 1.29 is 9.59 Å². The average Bonchev–Trinajstić information content (AvgIpc) is 2.36. The molecule has 0 saturated carbocycles. The summed E-state index contributed by atoms with van der Waals surface area (Å²) >= 11 is 5.52. The predicted octanol–water partition coefficient (Wildman–Crippen LogP) is 2.63. The highest BCUT2D eigenvalue weighted by Gasteiger charge is 2.06. The van der Waals surface area contributed by atoms with Crippen molar-refractivity contribution >= 4 is 34.8 Å². The molecular weight excluding hydrogens is 252 g/mol. The maximum atomic E-state index is 11.5. The smallest absolute Gasteiger partial charge is 0.224 e. The van der Waals surface area contributed by atoms with Gasteiger partial charge < -0.3 is 10.2 Å². The lowest BCUT2D eigenvalue weighted by molar-refractivity contribution is -0.117. The van der Waals surface area contributed by atoms with Crippen LogP contribution in [0.15, 0.2) is 24.3 Å². The maximum Gasteiger partial charge on any atom is 0.224 e. The second kappa shape index (κ2) is 7.01. The van der Waals surface area contributed by atoms with Crippen molar-refractivity contribution in [3.05, 3.63) is 24.3 Å². The zero-order valence-electron chi connectivity index (χ0n) is 10.6. The van der Waals surface area contributed by atoms with E-state index in [1.54, 1.807) is 36.2 Å². The minimum Gasteiger partial charge on any atom is -0.326 e. The van der Waals surface area contributed by atoms with Crippen molar-refractivity contribution in [2.24, 2.45) is 0 Å². The van der Waals surface area contributed by atoms with Gasteiger partial charge in [0.25, 0.3) is 0 Å². The molecule has 2 amide bonds. The van der Waals surface area contributed by atoms with E-state index in [0.717, 1.165) is 11.4 Å². The molecule has 1 aromatic carbocycles. The summed E-state index contributed by atoms with van der Waals surface area (Å²) in [5.74, 6) is 0.396. The van der Waals surface area contributed by atoms with Gasteiger partial charge in [-0.25, -0.2) is 0 Å². The van der Waals surface area contributed by atoms with Gasteiger partial charge in [0.15, 0.2) is 0 Å². The molecule has 0 aliphatic carbocycles. The molecule has 4 nitrogen and oxygen atoms in total. The van der Waals surface area contributed by atoms with E-state index in [2.05, 4.69) is 5.32 Å². The van der Waals surface area contributed by atoms with E-state index < -0.39 is 0 Å². The van der Waals surface area contributed by atoms with E-state index in [1.165, 1.54) is 6.92 Å². The van der Waals surface area contributed by atoms with Crippen molar-refractivity contribution in [3.8, 4) is 0 Å². The average molecular weight is 269 g/mol. The van der Waals surface area contributed by atoms with E-state index >= 15 is 0 Å². The van der Waals surface area contributed by atoms with Gasteiger partial charge in [-0.3, -0.25) is 9.59 Å². The molecule has 0 aliphatic rings. The predicted molar refractivity (Wildman–Crippen MR) is 74.1 cm³/mol. The number of rotatable bonds is 5. The van der Waals surface area contributed by atoms with Crippen LogP contribution in [0.1, 0.15) is 19.8 Å². The Bertz CT molecular complexity index is 418. The molecule has 0 fully saturated rings. The first-order chi connectivity index (χ1) is 8.54. The number of benzene rings is 1. The van der Waals surface area contributed by atoms with Crippen LogP contribution in [0.25, 0.3) is 0 Å². The summed E-state index contributed by atoms with van der Waals surface area (Å²) in [5, 5.41) is 2.77. The standard InChI is InChI=1S/C13H17ClN2O2/c1-10(17)16(2)12-7-5-11(6-8-12)15-13(18)4-3-9-14/h5-8H,3-4,9H2,1-2H3,(H,15,18). The molecule has 1 N–H and O–H groups in total. The van der Waals surface area contributed by atoms with E-state index in [9.17, 15) is 9.59 Å². The molecule has 0 saturated heterocycles. The van der Waals surface area contributed by atoms with Crippen molar-refractivity contribution in [3.63, 3.8) is 0 Å². The van der Waals surface area contributed by atoms with E-state index in [1.807, 2.05) is 0 Å². The van der Waals surface area contributed by atoms with Crippen LogP contribution in [0, 0.1) is 0 Å². The van der Waals surface area contributed by atoms with Crippen LogP contribution in [0.2, 0.25) is 0 Å². The van der Waals surface area contributed by atoms with Crippen molar-refractivity contribution in [1.29, 1.82) is 0 Å². The molecule has 0 radical (unpaired) electrons. The summed E-state index contributed by atoms with van der Waals surface area (Å²) < 4.78 is 0. The summed E-state index contributed by atoms with van der Waals surface area (Å²) in [6, 6.07) is 7.12. The van der Waals surface area contributed by atoms with Crippen LogP contribution < -0.4 is 10.2 Å². The number of hydrogen-bond acceptors (Lipinski definition) is 2. The maximum absolute atomic E-state index is 11.5. The van der Waals surface area contributed by atoms with Gasteiger partial charge in [-0.15, -0.1) is 11.6 Å². The minimum atomic E-state index is -0.0525. The Morgan fingerprint density at radius 3 is 2.39 bits per heavy atom. The fraction of sp³-hybridized carbons (Fsp3) is 0.385. The van der Waals surface area contributed by atoms with Crippen LogP contribution >= 0.6 is 11.6 Å². The van der Waals surface area contributed by atoms with Gasteiger partial charge in [0.2, 0.25) is 11.8 Å². The Morgan fingerprint density at radius 2 is 1.89 bits per heavy atom. The molecule has 0 heterocycles. The lowest BCUT2D eigenvalue weighted by atomic mass is 10.2. The zero-order valence-corrected chi connectivity index (χ0v) is 11.3. The Balaban J connectivity index is 2.60. The molecule has 1 rings (SSSR count). The first-order valence-electron chi connectivity index (χ1n) is 5.74. The Kier molecular flexibility index (Phi) is 5.65. The molecule has 0 aliphatic heterocycles. The van der Waals surface area contributed by atoms with E-state index in [-0.39, 0.29) is 11.8 Å². The summed E-state index contributed by atoms with van der Waals surface area (Å²) in [6.45, 7) is 1.50. The second-order valence-corrected chi connectivity index (χ2v) is 4.34. The van der Waals surface area contributed by atoms with Gasteiger partial charge in [-0.1, -0.05) is 0 Å². The molecule has 1 aromatic rings. The first kappa shape index (κ1) is 14.5. The third kappa shape index (κ3) is 4.37. The summed E-state index contributed by atoms with van der Waals surface area (Å²) in [5.41, 5.74) is 1.51. The quantitative estimate of drug-likeness (QED) is 0.835. The van der Waals surface area contributed by atoms with Crippen LogP contribution in [-0.4, -0.2) is 24.7 Å². The molecule has 98 valence electrons. The number of carbonyl (C=O) groups excluding carboxylic acids is 2. The lowest BCUT2D eigenvalue weighted by Gasteiger charge is -2.15. The van der Waals surface area contributed by atoms with Crippen molar-refractivity contribution in [1.82, 2.24) is 0 Å². The third-order valence-corrected chi connectivity index (χ3v) is 2.82. The number of amides is 2. The minimum absolute atomic E-state index is 0.0334. The molecular formula is C13H17ClN2O2. The van der Waals surface area contributed by atoms with E-state index in [4.69, 9.17) is 11.6 Å². The third-order valence-electron chi connectivity index (χ3n) is 2.55.